The predicted molar refractivity (Wildman–Crippen MR) is 464 cm³/mol. The number of piperidine rings is 1. The van der Waals surface area contributed by atoms with E-state index in [9.17, 15) is 79.8 Å². The van der Waals surface area contributed by atoms with Crippen molar-refractivity contribution in [1.82, 2.24) is 4.31 Å². The molecule has 0 spiro atoms. The van der Waals surface area contributed by atoms with Gasteiger partial charge in [0.15, 0.2) is 20.9 Å². The number of ether oxygens (including phenoxy) is 7. The summed E-state index contributed by atoms with van der Waals surface area (Å²) in [7, 11) is -1.63. The number of hydrogen-bond donors (Lipinski definition) is 1. The van der Waals surface area contributed by atoms with Crippen LogP contribution < -0.4 is 9.47 Å². The number of methoxy groups -OCH3 is 2. The highest BCUT2D eigenvalue weighted by Gasteiger charge is 2.77. The van der Waals surface area contributed by atoms with Gasteiger partial charge in [0, 0.05) is 106 Å². The van der Waals surface area contributed by atoms with Crippen molar-refractivity contribution in [2.75, 3.05) is 89.1 Å². The SMILES string of the molecule is C.C.C.CC(F)(F)C(F)(F)C(F)(F)S(=O)(=O)N1CCC2CCCCC2C1.CC(F)(F)C(F)C1CC2CCC1C2.CC(F)(F)C(OC(=O)C12CC3CC(CC(C3)C1)C2)C(F)(F)F.COCCOc1ccc([S+]2CCOCC2)c2ccccc12.COc1ccc([S+]2CC(C)OC(C)C2)c2ccccc12.Oc1ccc([S+]2CCOC3CCCCC32)c2ccccc12. The number of phenols is 1. The van der Waals surface area contributed by atoms with E-state index in [4.69, 9.17) is 28.4 Å². The number of benzene rings is 6. The smallest absolute Gasteiger partial charge is 0.431 e. The lowest BCUT2D eigenvalue weighted by molar-refractivity contribution is -0.279. The van der Waals surface area contributed by atoms with Gasteiger partial charge in [-0.3, -0.25) is 4.79 Å². The van der Waals surface area contributed by atoms with Crippen molar-refractivity contribution in [2.45, 2.75) is 265 Å². The molecule has 0 radical (unpaired) electrons. The molecule has 30 heteroatoms. The van der Waals surface area contributed by atoms with Gasteiger partial charge in [0.25, 0.3) is 28.0 Å². The van der Waals surface area contributed by atoms with Crippen molar-refractivity contribution in [3.8, 4) is 17.2 Å². The monoisotopic (exact) mass is 1830 g/mol. The minimum Gasteiger partial charge on any atom is -0.507 e. The van der Waals surface area contributed by atoms with Crippen LogP contribution in [-0.2, 0) is 71.2 Å². The number of esters is 1. The number of phenolic OH excluding ortho intramolecular Hbond substituents is 1. The lowest BCUT2D eigenvalue weighted by Crippen LogP contribution is -2.61. The molecule has 8 saturated carbocycles. The van der Waals surface area contributed by atoms with Gasteiger partial charge >= 0.3 is 29.2 Å². The van der Waals surface area contributed by atoms with Gasteiger partial charge in [-0.2, -0.15) is 43.8 Å². The van der Waals surface area contributed by atoms with Crippen LogP contribution in [0.2, 0.25) is 0 Å². The second kappa shape index (κ2) is 42.6. The summed E-state index contributed by atoms with van der Waals surface area (Å²) in [6, 6.07) is 38.1. The minimum absolute atomic E-state index is 0. The highest BCUT2D eigenvalue weighted by Crippen LogP contribution is 2.61. The van der Waals surface area contributed by atoms with Gasteiger partial charge in [0.05, 0.1) is 39.0 Å². The molecule has 4 heterocycles. The van der Waals surface area contributed by atoms with Gasteiger partial charge in [0.1, 0.15) is 76.2 Å². The van der Waals surface area contributed by atoms with E-state index in [-0.39, 0.29) is 98.5 Å². The number of halogens is 14. The quantitative estimate of drug-likeness (QED) is 0.0404. The van der Waals surface area contributed by atoms with Crippen molar-refractivity contribution in [1.29, 1.82) is 0 Å². The Balaban J connectivity index is 0.000000168. The molecule has 123 heavy (non-hydrogen) atoms. The van der Waals surface area contributed by atoms with Crippen molar-refractivity contribution in [2.24, 2.45) is 52.8 Å². The van der Waals surface area contributed by atoms with Gasteiger partial charge in [-0.15, -0.1) is 0 Å². The third kappa shape index (κ3) is 23.5. The lowest BCUT2D eigenvalue weighted by atomic mass is 9.49. The second-order valence-corrected chi connectivity index (χ2v) is 43.6. The molecule has 6 bridgehead atoms. The molecular weight excluding hydrogens is 1700 g/mol. The van der Waals surface area contributed by atoms with E-state index >= 15 is 0 Å². The zero-order valence-electron chi connectivity index (χ0n) is 69.3. The number of aromatic hydroxyl groups is 1. The fourth-order valence-corrected chi connectivity index (χ4v) is 29.8. The average Bonchev–Trinajstić information content (AvgIpc) is 1.41. The maximum Gasteiger partial charge on any atom is 0.431 e. The maximum absolute atomic E-state index is 13.8. The van der Waals surface area contributed by atoms with Crippen molar-refractivity contribution in [3.05, 3.63) is 109 Å². The van der Waals surface area contributed by atoms with Crippen LogP contribution in [-0.4, -0.2) is 184 Å². The number of hydrogen-bond acceptors (Lipinski definition) is 11. The number of sulfonamides is 1. The Kier molecular flexibility index (Phi) is 35.1. The molecule has 12 aliphatic rings. The summed E-state index contributed by atoms with van der Waals surface area (Å²) in [4.78, 5) is 16.7. The van der Waals surface area contributed by atoms with Gasteiger partial charge in [-0.25, -0.2) is 30.4 Å². The summed E-state index contributed by atoms with van der Waals surface area (Å²) < 4.78 is 246. The summed E-state index contributed by atoms with van der Waals surface area (Å²) in [6.45, 7) is 7.97. The highest BCUT2D eigenvalue weighted by molar-refractivity contribution is 7.98. The molecule has 12 atom stereocenters. The van der Waals surface area contributed by atoms with Crippen LogP contribution in [0.4, 0.5) is 61.5 Å². The van der Waals surface area contributed by atoms with Crippen molar-refractivity contribution in [3.63, 3.8) is 0 Å². The maximum atomic E-state index is 13.8. The number of fused-ring (bicyclic) bond motifs is 7. The fourth-order valence-electron chi connectivity index (χ4n) is 20.8. The van der Waals surface area contributed by atoms with E-state index in [2.05, 4.69) is 110 Å². The Morgan fingerprint density at radius 1 is 0.561 bits per heavy atom. The lowest BCUT2D eigenvalue weighted by Gasteiger charge is -2.55. The summed E-state index contributed by atoms with van der Waals surface area (Å²) in [5.74, 6) is -10.2. The van der Waals surface area contributed by atoms with E-state index in [0.717, 1.165) is 123 Å². The van der Waals surface area contributed by atoms with Crippen LogP contribution in [0.1, 0.15) is 179 Å². The van der Waals surface area contributed by atoms with E-state index in [1.807, 2.05) is 18.2 Å². The van der Waals surface area contributed by atoms with Gasteiger partial charge in [0.2, 0.25) is 0 Å². The number of alkyl halides is 14. The van der Waals surface area contributed by atoms with E-state index in [0.29, 0.717) is 116 Å². The van der Waals surface area contributed by atoms with Crippen LogP contribution in [0.25, 0.3) is 32.3 Å². The molecule has 0 aromatic heterocycles. The predicted octanol–water partition coefficient (Wildman–Crippen LogP) is 23.7. The Morgan fingerprint density at radius 3 is 1.61 bits per heavy atom. The van der Waals surface area contributed by atoms with Gasteiger partial charge in [-0.1, -0.05) is 109 Å². The molecule has 18 rings (SSSR count). The second-order valence-electron chi connectivity index (χ2n) is 35.0. The van der Waals surface area contributed by atoms with Gasteiger partial charge < -0.3 is 38.3 Å². The van der Waals surface area contributed by atoms with Gasteiger partial charge in [-0.05, 0) is 206 Å². The molecule has 12 nitrogen and oxygen atoms in total. The summed E-state index contributed by atoms with van der Waals surface area (Å²) in [6.07, 6.45) is 7.55. The molecule has 690 valence electrons. The molecule has 12 unspecified atom stereocenters. The van der Waals surface area contributed by atoms with E-state index in [1.54, 1.807) is 14.2 Å². The molecule has 0 amide bonds. The van der Waals surface area contributed by atoms with E-state index in [1.165, 1.54) is 67.3 Å². The average molecular weight is 1830 g/mol. The van der Waals surface area contributed by atoms with Crippen molar-refractivity contribution < 1.29 is 113 Å². The first kappa shape index (κ1) is 102. The zero-order chi connectivity index (χ0) is 86.5. The zero-order valence-corrected chi connectivity index (χ0v) is 72.6. The number of rotatable bonds is 17. The Labute approximate surface area is 726 Å². The molecule has 8 aliphatic carbocycles. The number of nitrogens with zero attached hydrogens (tertiary/aromatic N) is 1. The van der Waals surface area contributed by atoms with Crippen molar-refractivity contribution >= 4 is 81.0 Å². The first-order valence-corrected chi connectivity index (χ1v) is 48.4. The van der Waals surface area contributed by atoms with E-state index < -0.39 is 75.7 Å². The third-order valence-corrected chi connectivity index (χ3v) is 35.8. The first-order valence-electron chi connectivity index (χ1n) is 42.3. The minimum atomic E-state index is -5.98. The summed E-state index contributed by atoms with van der Waals surface area (Å²) in [5, 5.41) is 12.2. The molecule has 6 aromatic carbocycles. The Hall–Kier alpha value is -5.21. The molecule has 4 saturated heterocycles. The van der Waals surface area contributed by atoms with Crippen LogP contribution in [0, 0.1) is 52.8 Å². The first-order chi connectivity index (χ1) is 56.7. The molecule has 12 fully saturated rings. The van der Waals surface area contributed by atoms with Crippen LogP contribution >= 0.6 is 0 Å². The summed E-state index contributed by atoms with van der Waals surface area (Å²) >= 11 is 0. The number of carbonyl (C=O) groups excluding carboxylic acids is 1. The standard InChI is InChI=1S/C18H20O2S.C17H21O3S.C17H21O2S.C15H19F5O2.C13H19F6NO2S.C10H15F3.3CH4/c19-15-9-10-17(14-6-2-1-5-13(14)15)21-12-11-20-16-7-3-4-8-18(16)21;1-18-8-9-20-16-6-7-17(21-12-10-19-11-13-21)15-5-3-2-4-14(15)16;1-12-10-20(11-13(2)19-12)17-9-8-16(18-3)14-6-4-5-7-15(14)17;1-13(16,17)11(15(18,19)20)22-12(21)14-5-8-2-9(6-14)4-10(3-8)7-14;1-11(14,15)12(16,17)13(18,19)23(21,22)20-7-6-9-4-2-3-5-10(9)8-20;1-10(12,13)9(11)8-5-6-2-3-7(8)4-6;;;/h1-2,5-6,9-10,16,18H,3-4,7-8,11-12H2;2-7H,8-13H2,1H3;4-9,12-13H,10-11H2,1-3H3;8-11H,2-7H2,1H3;9-10H,2-8H2,1H3;6-9H,2-5H2,1H3;3*1H4/q;2*+1;;;;;;/p+1. The molecule has 4 aliphatic heterocycles. The third-order valence-electron chi connectivity index (χ3n) is 26.1. The molecular formula is C93H128F14NO11S4+3. The topological polar surface area (TPSA) is 139 Å². The highest BCUT2D eigenvalue weighted by atomic mass is 32.2. The van der Waals surface area contributed by atoms with Crippen LogP contribution in [0.15, 0.2) is 124 Å². The molecule has 6 aromatic rings. The molecule has 1 N–H and O–H groups in total. The van der Waals surface area contributed by atoms with Crippen LogP contribution in [0.5, 0.6) is 17.2 Å². The fraction of sp³-hybridized carbons (Fsp3) is 0.667. The number of carbonyl (C=O) groups is 1. The normalized spacial score (nSPS) is 28.7. The largest absolute Gasteiger partial charge is 0.507 e. The Morgan fingerprint density at radius 2 is 1.08 bits per heavy atom. The van der Waals surface area contributed by atoms with Crippen LogP contribution in [0.3, 0.4) is 0 Å². The summed E-state index contributed by atoms with van der Waals surface area (Å²) in [5.41, 5.74) is -0.969. The Bertz CT molecular complexity index is 4450.